The molecule has 0 amide bonds. The first-order valence-corrected chi connectivity index (χ1v) is 5.91. The molecular weight excluding hydrogens is 244 g/mol. The van der Waals surface area contributed by atoms with Gasteiger partial charge in [0.25, 0.3) is 0 Å². The molecular formula is C13H14N4O2. The van der Waals surface area contributed by atoms with E-state index in [0.29, 0.717) is 17.9 Å². The van der Waals surface area contributed by atoms with Crippen LogP contribution >= 0.6 is 0 Å². The van der Waals surface area contributed by atoms with Crippen molar-refractivity contribution in [3.63, 3.8) is 0 Å². The molecule has 0 radical (unpaired) electrons. The average molecular weight is 258 g/mol. The number of hydrogen-bond donors (Lipinski definition) is 1. The molecule has 1 N–H and O–H groups in total. The van der Waals surface area contributed by atoms with Crippen molar-refractivity contribution in [2.24, 2.45) is 0 Å². The lowest BCUT2D eigenvalue weighted by Crippen LogP contribution is -2.09. The Bertz CT molecular complexity index is 572. The third-order valence-corrected chi connectivity index (χ3v) is 2.74. The number of hydrogen-bond acceptors (Lipinski definition) is 5. The van der Waals surface area contributed by atoms with E-state index >= 15 is 0 Å². The quantitative estimate of drug-likeness (QED) is 0.657. The third kappa shape index (κ3) is 3.25. The number of nitro groups is 1. The van der Waals surface area contributed by atoms with Gasteiger partial charge in [-0.15, -0.1) is 0 Å². The molecule has 2 heterocycles. The summed E-state index contributed by atoms with van der Waals surface area (Å²) in [5.74, 6) is 0.314. The molecule has 0 saturated heterocycles. The van der Waals surface area contributed by atoms with Gasteiger partial charge >= 0.3 is 5.69 Å². The Morgan fingerprint density at radius 2 is 2.21 bits per heavy atom. The van der Waals surface area contributed by atoms with Gasteiger partial charge in [-0.3, -0.25) is 15.1 Å². The van der Waals surface area contributed by atoms with Gasteiger partial charge in [0.15, 0.2) is 0 Å². The first-order valence-electron chi connectivity index (χ1n) is 5.91. The maximum atomic E-state index is 11.0. The summed E-state index contributed by atoms with van der Waals surface area (Å²) in [4.78, 5) is 18.6. The standard InChI is InChI=1S/C13H14N4O2/c1-10-4-7-15-13(12(10)17(18)19)16-8-5-11-3-2-6-14-9-11/h2-4,6-7,9H,5,8H2,1H3,(H,15,16). The second-order valence-electron chi connectivity index (χ2n) is 4.12. The van der Waals surface area contributed by atoms with E-state index in [2.05, 4.69) is 15.3 Å². The summed E-state index contributed by atoms with van der Waals surface area (Å²) in [6.45, 7) is 2.27. The van der Waals surface area contributed by atoms with Gasteiger partial charge in [0, 0.05) is 30.7 Å². The van der Waals surface area contributed by atoms with Crippen LogP contribution in [0.15, 0.2) is 36.8 Å². The normalized spacial score (nSPS) is 10.2. The van der Waals surface area contributed by atoms with Crippen molar-refractivity contribution >= 4 is 11.5 Å². The maximum Gasteiger partial charge on any atom is 0.314 e. The fourth-order valence-corrected chi connectivity index (χ4v) is 1.78. The van der Waals surface area contributed by atoms with Crippen LogP contribution in [0.4, 0.5) is 11.5 Å². The summed E-state index contributed by atoms with van der Waals surface area (Å²) in [6, 6.07) is 5.46. The second kappa shape index (κ2) is 5.90. The predicted octanol–water partition coefficient (Wildman–Crippen LogP) is 2.35. The van der Waals surface area contributed by atoms with Crippen molar-refractivity contribution in [1.82, 2.24) is 9.97 Å². The molecule has 0 spiro atoms. The molecule has 6 heteroatoms. The minimum absolute atomic E-state index is 0.0358. The van der Waals surface area contributed by atoms with Crippen LogP contribution in [0.5, 0.6) is 0 Å². The molecule has 0 aliphatic heterocycles. The number of anilines is 1. The van der Waals surface area contributed by atoms with Crippen LogP contribution in [0.1, 0.15) is 11.1 Å². The monoisotopic (exact) mass is 258 g/mol. The number of aromatic nitrogens is 2. The van der Waals surface area contributed by atoms with Crippen molar-refractivity contribution in [3.05, 3.63) is 58.0 Å². The van der Waals surface area contributed by atoms with Gasteiger partial charge in [0.2, 0.25) is 5.82 Å². The highest BCUT2D eigenvalue weighted by Crippen LogP contribution is 2.25. The minimum atomic E-state index is -0.408. The smallest absolute Gasteiger partial charge is 0.314 e. The van der Waals surface area contributed by atoms with Crippen LogP contribution in [0.25, 0.3) is 0 Å². The van der Waals surface area contributed by atoms with Crippen molar-refractivity contribution in [3.8, 4) is 0 Å². The topological polar surface area (TPSA) is 81.0 Å². The lowest BCUT2D eigenvalue weighted by molar-refractivity contribution is -0.384. The van der Waals surface area contributed by atoms with E-state index in [1.54, 1.807) is 31.6 Å². The predicted molar refractivity (Wildman–Crippen MR) is 72.1 cm³/mol. The van der Waals surface area contributed by atoms with Gasteiger partial charge in [0.05, 0.1) is 4.92 Å². The molecule has 0 saturated carbocycles. The Balaban J connectivity index is 2.04. The molecule has 2 aromatic rings. The van der Waals surface area contributed by atoms with Crippen LogP contribution in [-0.4, -0.2) is 21.4 Å². The highest BCUT2D eigenvalue weighted by atomic mass is 16.6. The van der Waals surface area contributed by atoms with Crippen LogP contribution in [0.2, 0.25) is 0 Å². The minimum Gasteiger partial charge on any atom is -0.364 e. The Hall–Kier alpha value is -2.50. The number of nitrogens with zero attached hydrogens (tertiary/aromatic N) is 3. The fourth-order valence-electron chi connectivity index (χ4n) is 1.78. The molecule has 2 aromatic heterocycles. The van der Waals surface area contributed by atoms with Gasteiger partial charge in [0.1, 0.15) is 0 Å². The van der Waals surface area contributed by atoms with E-state index < -0.39 is 4.92 Å². The van der Waals surface area contributed by atoms with Gasteiger partial charge in [-0.1, -0.05) is 6.07 Å². The zero-order valence-electron chi connectivity index (χ0n) is 10.5. The Morgan fingerprint density at radius 1 is 1.37 bits per heavy atom. The van der Waals surface area contributed by atoms with Gasteiger partial charge in [-0.2, -0.15) is 0 Å². The summed E-state index contributed by atoms with van der Waals surface area (Å²) in [5, 5.41) is 14.0. The molecule has 98 valence electrons. The largest absolute Gasteiger partial charge is 0.364 e. The Labute approximate surface area is 110 Å². The first kappa shape index (κ1) is 12.9. The van der Waals surface area contributed by atoms with Crippen molar-refractivity contribution in [1.29, 1.82) is 0 Å². The molecule has 19 heavy (non-hydrogen) atoms. The van der Waals surface area contributed by atoms with Crippen LogP contribution < -0.4 is 5.32 Å². The number of nitrogens with one attached hydrogen (secondary N) is 1. The second-order valence-corrected chi connectivity index (χ2v) is 4.12. The highest BCUT2D eigenvalue weighted by molar-refractivity contribution is 5.59. The third-order valence-electron chi connectivity index (χ3n) is 2.74. The molecule has 0 aliphatic rings. The molecule has 6 nitrogen and oxygen atoms in total. The number of aryl methyl sites for hydroxylation is 1. The van der Waals surface area contributed by atoms with Crippen LogP contribution in [-0.2, 0) is 6.42 Å². The first-order chi connectivity index (χ1) is 9.18. The summed E-state index contributed by atoms with van der Waals surface area (Å²) < 4.78 is 0. The summed E-state index contributed by atoms with van der Waals surface area (Å²) >= 11 is 0. The molecule has 0 aromatic carbocycles. The molecule has 0 atom stereocenters. The summed E-state index contributed by atoms with van der Waals surface area (Å²) in [7, 11) is 0. The van der Waals surface area contributed by atoms with Crippen LogP contribution in [0, 0.1) is 17.0 Å². The van der Waals surface area contributed by atoms with Crippen molar-refractivity contribution < 1.29 is 4.92 Å². The SMILES string of the molecule is Cc1ccnc(NCCc2cccnc2)c1[N+](=O)[O-]. The van der Waals surface area contributed by atoms with Gasteiger partial charge < -0.3 is 5.32 Å². The lowest BCUT2D eigenvalue weighted by Gasteiger charge is -2.07. The van der Waals surface area contributed by atoms with E-state index in [4.69, 9.17) is 0 Å². The van der Waals surface area contributed by atoms with E-state index in [9.17, 15) is 10.1 Å². The molecule has 2 rings (SSSR count). The average Bonchev–Trinajstić information content (AvgIpc) is 2.39. The van der Waals surface area contributed by atoms with Gasteiger partial charge in [-0.05, 0) is 31.0 Å². The number of pyridine rings is 2. The summed E-state index contributed by atoms with van der Waals surface area (Å²) in [6.07, 6.45) is 5.79. The van der Waals surface area contributed by atoms with Gasteiger partial charge in [-0.25, -0.2) is 4.98 Å². The van der Waals surface area contributed by atoms with E-state index in [0.717, 1.165) is 12.0 Å². The van der Waals surface area contributed by atoms with E-state index in [-0.39, 0.29) is 5.69 Å². The molecule has 0 fully saturated rings. The van der Waals surface area contributed by atoms with E-state index in [1.165, 1.54) is 0 Å². The maximum absolute atomic E-state index is 11.0. The molecule has 0 bridgehead atoms. The zero-order valence-corrected chi connectivity index (χ0v) is 10.5. The lowest BCUT2D eigenvalue weighted by atomic mass is 10.2. The summed E-state index contributed by atoms with van der Waals surface area (Å²) in [5.41, 5.74) is 1.71. The van der Waals surface area contributed by atoms with Crippen LogP contribution in [0.3, 0.4) is 0 Å². The van der Waals surface area contributed by atoms with Crippen molar-refractivity contribution in [2.45, 2.75) is 13.3 Å². The Kier molecular flexibility index (Phi) is 4.02. The highest BCUT2D eigenvalue weighted by Gasteiger charge is 2.17. The number of rotatable bonds is 5. The fraction of sp³-hybridized carbons (Fsp3) is 0.231. The van der Waals surface area contributed by atoms with E-state index in [1.807, 2.05) is 12.1 Å². The Morgan fingerprint density at radius 3 is 2.89 bits per heavy atom. The molecule has 0 aliphatic carbocycles. The zero-order chi connectivity index (χ0) is 13.7. The van der Waals surface area contributed by atoms with Crippen molar-refractivity contribution in [2.75, 3.05) is 11.9 Å². The molecule has 0 unspecified atom stereocenters.